The minimum atomic E-state index is -0.686. The minimum absolute atomic E-state index is 0.208. The number of rotatable bonds is 6. The number of thioether (sulfide) groups is 1. The summed E-state index contributed by atoms with van der Waals surface area (Å²) in [5.41, 5.74) is 1.87. The molecule has 2 aromatic carbocycles. The number of thiazole rings is 1. The predicted octanol–water partition coefficient (Wildman–Crippen LogP) is 4.21. The maximum absolute atomic E-state index is 13.8. The molecule has 0 fully saturated rings. The Morgan fingerprint density at radius 2 is 1.94 bits per heavy atom. The number of ether oxygens (including phenoxy) is 2. The molecule has 0 N–H and O–H groups in total. The molecule has 4 rings (SSSR count). The van der Waals surface area contributed by atoms with Gasteiger partial charge < -0.3 is 9.47 Å². The van der Waals surface area contributed by atoms with Gasteiger partial charge in [-0.1, -0.05) is 39.4 Å². The first kappa shape index (κ1) is 26.1. The van der Waals surface area contributed by atoms with Crippen LogP contribution in [0.25, 0.3) is 6.08 Å². The van der Waals surface area contributed by atoms with Crippen LogP contribution in [-0.2, 0) is 14.3 Å². The Kier molecular flexibility index (Phi) is 7.97. The fraction of sp³-hybridized carbons (Fsp3) is 0.231. The lowest BCUT2D eigenvalue weighted by Gasteiger charge is -2.24. The van der Waals surface area contributed by atoms with Crippen LogP contribution in [0.2, 0.25) is 0 Å². The molecule has 0 unspecified atom stereocenters. The number of hydrogen-bond donors (Lipinski definition) is 0. The molecule has 0 radical (unpaired) electrons. The Bertz CT molecular complexity index is 1550. The molecular formula is C26H23BrN2O5S2. The number of allylic oxidation sites excluding steroid dienone is 1. The van der Waals surface area contributed by atoms with Crippen molar-refractivity contribution in [3.05, 3.63) is 89.0 Å². The van der Waals surface area contributed by atoms with Gasteiger partial charge in [-0.2, -0.15) is 0 Å². The van der Waals surface area contributed by atoms with Crippen LogP contribution in [0.3, 0.4) is 0 Å². The molecule has 0 bridgehead atoms. The van der Waals surface area contributed by atoms with Gasteiger partial charge in [-0.25, -0.2) is 9.79 Å². The first-order valence-electron chi connectivity index (χ1n) is 11.0. The monoisotopic (exact) mass is 586 g/mol. The smallest absolute Gasteiger partial charge is 0.338 e. The topological polar surface area (TPSA) is 87.0 Å². The first-order chi connectivity index (χ1) is 17.2. The number of carbonyl (C=O) groups excluding carboxylic acids is 2. The normalized spacial score (nSPS) is 15.4. The third-order valence-electron chi connectivity index (χ3n) is 5.46. The lowest BCUT2D eigenvalue weighted by atomic mass is 9.96. The van der Waals surface area contributed by atoms with Crippen molar-refractivity contribution in [1.29, 1.82) is 0 Å². The average molecular weight is 588 g/mol. The van der Waals surface area contributed by atoms with E-state index in [0.717, 1.165) is 14.9 Å². The number of nitrogens with zero attached hydrogens (tertiary/aromatic N) is 2. The van der Waals surface area contributed by atoms with Crippen LogP contribution >= 0.6 is 39.0 Å². The van der Waals surface area contributed by atoms with E-state index < -0.39 is 18.0 Å². The Morgan fingerprint density at radius 1 is 1.22 bits per heavy atom. The second-order valence-corrected chi connectivity index (χ2v) is 10.7. The van der Waals surface area contributed by atoms with Crippen LogP contribution in [0.5, 0.6) is 5.75 Å². The molecule has 1 aliphatic rings. The maximum atomic E-state index is 13.8. The molecule has 1 aromatic heterocycles. The Balaban J connectivity index is 1.95. The third-order valence-corrected chi connectivity index (χ3v) is 7.68. The van der Waals surface area contributed by atoms with Gasteiger partial charge in [-0.3, -0.25) is 14.2 Å². The summed E-state index contributed by atoms with van der Waals surface area (Å²) in [7, 11) is 0. The fourth-order valence-corrected chi connectivity index (χ4v) is 5.74. The molecule has 0 saturated heterocycles. The Morgan fingerprint density at radius 3 is 2.58 bits per heavy atom. The largest absolute Gasteiger partial charge is 0.463 e. The number of aromatic nitrogens is 1. The number of benzene rings is 2. The summed E-state index contributed by atoms with van der Waals surface area (Å²) < 4.78 is 13.4. The van der Waals surface area contributed by atoms with Crippen molar-refractivity contribution in [3.63, 3.8) is 0 Å². The van der Waals surface area contributed by atoms with E-state index in [1.54, 1.807) is 49.9 Å². The first-order valence-corrected chi connectivity index (χ1v) is 13.9. The van der Waals surface area contributed by atoms with Crippen LogP contribution in [0, 0.1) is 0 Å². The van der Waals surface area contributed by atoms with E-state index in [1.807, 2.05) is 30.5 Å². The highest BCUT2D eigenvalue weighted by atomic mass is 79.9. The minimum Gasteiger partial charge on any atom is -0.463 e. The summed E-state index contributed by atoms with van der Waals surface area (Å²) in [5, 5.41) is 0. The molecule has 36 heavy (non-hydrogen) atoms. The van der Waals surface area contributed by atoms with E-state index in [9.17, 15) is 14.4 Å². The van der Waals surface area contributed by atoms with Crippen molar-refractivity contribution in [2.75, 3.05) is 12.9 Å². The molecule has 186 valence electrons. The second-order valence-electron chi connectivity index (χ2n) is 7.85. The van der Waals surface area contributed by atoms with Crippen molar-refractivity contribution < 1.29 is 19.1 Å². The van der Waals surface area contributed by atoms with Crippen molar-refractivity contribution in [1.82, 2.24) is 4.57 Å². The summed E-state index contributed by atoms with van der Waals surface area (Å²) in [5.74, 6) is -0.628. The van der Waals surface area contributed by atoms with Crippen LogP contribution in [-0.4, -0.2) is 29.4 Å². The van der Waals surface area contributed by atoms with Gasteiger partial charge in [0.1, 0.15) is 5.75 Å². The fourth-order valence-electron chi connectivity index (χ4n) is 3.91. The number of carbonyl (C=O) groups is 2. The Labute approximate surface area is 224 Å². The van der Waals surface area contributed by atoms with Gasteiger partial charge in [0, 0.05) is 21.9 Å². The van der Waals surface area contributed by atoms with E-state index >= 15 is 0 Å². The molecule has 1 aliphatic heterocycles. The molecular weight excluding hydrogens is 564 g/mol. The van der Waals surface area contributed by atoms with Gasteiger partial charge in [-0.15, -0.1) is 11.8 Å². The standard InChI is InChI=1S/C26H23BrN2O5S2/c1-5-33-25(32)22-14(2)28-26-29(23(22)16-6-9-19(35-4)10-7-16)24(31)21(36-26)13-17-12-18(27)8-11-20(17)34-15(3)30/h6-13,23H,5H2,1-4H3/b21-13-/t23-/m0/s1. The van der Waals surface area contributed by atoms with Crippen molar-refractivity contribution in [2.24, 2.45) is 4.99 Å². The zero-order valence-corrected chi connectivity index (χ0v) is 23.3. The molecule has 1 atom stereocenters. The van der Waals surface area contributed by atoms with Crippen molar-refractivity contribution in [3.8, 4) is 5.75 Å². The van der Waals surface area contributed by atoms with Gasteiger partial charge in [0.2, 0.25) is 0 Å². The summed E-state index contributed by atoms with van der Waals surface area (Å²) in [6, 6.07) is 12.2. The lowest BCUT2D eigenvalue weighted by molar-refractivity contribution is -0.139. The molecule has 0 aliphatic carbocycles. The SMILES string of the molecule is CCOC(=O)C1=C(C)N=c2s/c(=C\c3cc(Br)ccc3OC(C)=O)c(=O)n2[C@H]1c1ccc(SC)cc1. The van der Waals surface area contributed by atoms with Crippen LogP contribution in [0.15, 0.2) is 72.9 Å². The van der Waals surface area contributed by atoms with Gasteiger partial charge in [0.15, 0.2) is 4.80 Å². The van der Waals surface area contributed by atoms with Crippen molar-refractivity contribution in [2.45, 2.75) is 31.7 Å². The van der Waals surface area contributed by atoms with Crippen LogP contribution in [0.1, 0.15) is 37.9 Å². The zero-order chi connectivity index (χ0) is 26.0. The lowest BCUT2D eigenvalue weighted by Crippen LogP contribution is -2.39. The molecule has 0 saturated carbocycles. The second kappa shape index (κ2) is 11.0. The number of halogens is 1. The number of esters is 2. The van der Waals surface area contributed by atoms with E-state index in [1.165, 1.54) is 22.8 Å². The van der Waals surface area contributed by atoms with Gasteiger partial charge in [0.25, 0.3) is 5.56 Å². The quantitative estimate of drug-likeness (QED) is 0.244. The third kappa shape index (κ3) is 5.25. The molecule has 3 aromatic rings. The highest BCUT2D eigenvalue weighted by molar-refractivity contribution is 9.10. The summed E-state index contributed by atoms with van der Waals surface area (Å²) >= 11 is 6.25. The van der Waals surface area contributed by atoms with Gasteiger partial charge in [0.05, 0.1) is 28.5 Å². The van der Waals surface area contributed by atoms with E-state index in [4.69, 9.17) is 9.47 Å². The number of fused-ring (bicyclic) bond motifs is 1. The Hall–Kier alpha value is -2.95. The molecule has 0 amide bonds. The molecule has 2 heterocycles. The summed E-state index contributed by atoms with van der Waals surface area (Å²) in [6.45, 7) is 5.02. The van der Waals surface area contributed by atoms with Crippen LogP contribution < -0.4 is 19.6 Å². The van der Waals surface area contributed by atoms with Gasteiger partial charge in [-0.05, 0) is 62.1 Å². The molecule has 10 heteroatoms. The van der Waals surface area contributed by atoms with Crippen molar-refractivity contribution >= 4 is 57.0 Å². The van der Waals surface area contributed by atoms with Crippen LogP contribution in [0.4, 0.5) is 0 Å². The predicted molar refractivity (Wildman–Crippen MR) is 144 cm³/mol. The zero-order valence-electron chi connectivity index (χ0n) is 20.0. The maximum Gasteiger partial charge on any atom is 0.338 e. The summed E-state index contributed by atoms with van der Waals surface area (Å²) in [6.07, 6.45) is 3.66. The summed E-state index contributed by atoms with van der Waals surface area (Å²) in [4.78, 5) is 44.5. The molecule has 7 nitrogen and oxygen atoms in total. The van der Waals surface area contributed by atoms with Gasteiger partial charge >= 0.3 is 11.9 Å². The highest BCUT2D eigenvalue weighted by Crippen LogP contribution is 2.32. The number of hydrogen-bond acceptors (Lipinski definition) is 8. The van der Waals surface area contributed by atoms with E-state index in [-0.39, 0.29) is 12.2 Å². The van der Waals surface area contributed by atoms with E-state index in [2.05, 4.69) is 20.9 Å². The van der Waals surface area contributed by atoms with E-state index in [0.29, 0.717) is 31.9 Å². The highest BCUT2D eigenvalue weighted by Gasteiger charge is 2.33. The average Bonchev–Trinajstić information content (AvgIpc) is 3.14. The molecule has 0 spiro atoms.